The molecule has 0 saturated carbocycles. The van der Waals surface area contributed by atoms with Crippen LogP contribution in [0.15, 0.2) is 18.2 Å². The quantitative estimate of drug-likeness (QED) is 0.804. The number of hydrogen-bond acceptors (Lipinski definition) is 2. The summed E-state index contributed by atoms with van der Waals surface area (Å²) in [4.78, 5) is 2.52. The zero-order chi connectivity index (χ0) is 13.7. The molecule has 0 fully saturated rings. The number of rotatable bonds is 6. The zero-order valence-electron chi connectivity index (χ0n) is 11.2. The van der Waals surface area contributed by atoms with E-state index in [0.717, 1.165) is 18.7 Å². The molecule has 0 spiro atoms. The second-order valence-electron chi connectivity index (χ2n) is 4.89. The molecule has 18 heavy (non-hydrogen) atoms. The van der Waals surface area contributed by atoms with E-state index >= 15 is 0 Å². The van der Waals surface area contributed by atoms with E-state index in [9.17, 15) is 4.39 Å². The van der Waals surface area contributed by atoms with Gasteiger partial charge in [-0.1, -0.05) is 33.0 Å². The standard InChI is InChI=1S/C14H21FN2S/c1-4-17(8-10(2)3)9-12-7-11(14(16)18)5-6-13(12)15/h5-7,10H,4,8-9H2,1-3H3,(H2,16,18). The lowest BCUT2D eigenvalue weighted by Crippen LogP contribution is -2.27. The SMILES string of the molecule is CCN(Cc1cc(C(N)=S)ccc1F)CC(C)C. The number of halogens is 1. The van der Waals surface area contributed by atoms with Crippen LogP contribution in [0.1, 0.15) is 31.9 Å². The van der Waals surface area contributed by atoms with Gasteiger partial charge in [0.15, 0.2) is 0 Å². The molecular formula is C14H21FN2S. The third kappa shape index (κ3) is 4.35. The molecule has 0 unspecified atom stereocenters. The van der Waals surface area contributed by atoms with Gasteiger partial charge in [0.25, 0.3) is 0 Å². The Hall–Kier alpha value is -1.00. The monoisotopic (exact) mass is 268 g/mol. The van der Waals surface area contributed by atoms with Gasteiger partial charge in [0.1, 0.15) is 10.8 Å². The molecule has 1 aromatic carbocycles. The van der Waals surface area contributed by atoms with Crippen molar-refractivity contribution in [3.63, 3.8) is 0 Å². The van der Waals surface area contributed by atoms with Crippen molar-refractivity contribution < 1.29 is 4.39 Å². The van der Waals surface area contributed by atoms with E-state index in [4.69, 9.17) is 18.0 Å². The molecule has 4 heteroatoms. The molecular weight excluding hydrogens is 247 g/mol. The molecule has 0 aliphatic heterocycles. The summed E-state index contributed by atoms with van der Waals surface area (Å²) in [5.41, 5.74) is 6.95. The number of thiocarbonyl (C=S) groups is 1. The van der Waals surface area contributed by atoms with Crippen molar-refractivity contribution in [1.82, 2.24) is 4.90 Å². The van der Waals surface area contributed by atoms with Crippen LogP contribution in [0.5, 0.6) is 0 Å². The minimum Gasteiger partial charge on any atom is -0.389 e. The summed E-state index contributed by atoms with van der Waals surface area (Å²) < 4.78 is 13.8. The summed E-state index contributed by atoms with van der Waals surface area (Å²) in [5, 5.41) is 0. The van der Waals surface area contributed by atoms with Crippen LogP contribution in [0.2, 0.25) is 0 Å². The molecule has 0 bridgehead atoms. The fourth-order valence-electron chi connectivity index (χ4n) is 1.91. The summed E-state index contributed by atoms with van der Waals surface area (Å²) in [6, 6.07) is 4.81. The number of benzene rings is 1. The third-order valence-corrected chi connectivity index (χ3v) is 3.03. The second kappa shape index (κ2) is 6.81. The van der Waals surface area contributed by atoms with Gasteiger partial charge in [-0.15, -0.1) is 0 Å². The van der Waals surface area contributed by atoms with Gasteiger partial charge in [-0.2, -0.15) is 0 Å². The maximum Gasteiger partial charge on any atom is 0.127 e. The van der Waals surface area contributed by atoms with E-state index < -0.39 is 0 Å². The second-order valence-corrected chi connectivity index (χ2v) is 5.33. The van der Waals surface area contributed by atoms with E-state index in [1.807, 2.05) is 0 Å². The molecule has 0 radical (unpaired) electrons. The van der Waals surface area contributed by atoms with Crippen molar-refractivity contribution in [2.75, 3.05) is 13.1 Å². The number of nitrogens with two attached hydrogens (primary N) is 1. The largest absolute Gasteiger partial charge is 0.389 e. The Morgan fingerprint density at radius 2 is 2.11 bits per heavy atom. The van der Waals surface area contributed by atoms with Crippen molar-refractivity contribution in [2.24, 2.45) is 11.7 Å². The van der Waals surface area contributed by atoms with Gasteiger partial charge in [0.05, 0.1) is 0 Å². The van der Waals surface area contributed by atoms with Gasteiger partial charge in [-0.05, 0) is 30.7 Å². The maximum absolute atomic E-state index is 13.8. The van der Waals surface area contributed by atoms with Gasteiger partial charge >= 0.3 is 0 Å². The topological polar surface area (TPSA) is 29.3 Å². The molecule has 0 saturated heterocycles. The predicted molar refractivity (Wildman–Crippen MR) is 78.1 cm³/mol. The van der Waals surface area contributed by atoms with E-state index in [-0.39, 0.29) is 5.82 Å². The van der Waals surface area contributed by atoms with Crippen LogP contribution < -0.4 is 5.73 Å². The first-order valence-corrected chi connectivity index (χ1v) is 6.65. The predicted octanol–water partition coefficient (Wildman–Crippen LogP) is 2.94. The molecule has 1 aromatic rings. The van der Waals surface area contributed by atoms with E-state index in [1.165, 1.54) is 6.07 Å². The van der Waals surface area contributed by atoms with Crippen molar-refractivity contribution in [1.29, 1.82) is 0 Å². The third-order valence-electron chi connectivity index (χ3n) is 2.79. The highest BCUT2D eigenvalue weighted by Crippen LogP contribution is 2.14. The minimum absolute atomic E-state index is 0.197. The molecule has 100 valence electrons. The van der Waals surface area contributed by atoms with Gasteiger partial charge in [-0.25, -0.2) is 4.39 Å². The van der Waals surface area contributed by atoms with Gasteiger partial charge in [0, 0.05) is 24.2 Å². The first-order chi connectivity index (χ1) is 8.43. The van der Waals surface area contributed by atoms with E-state index in [1.54, 1.807) is 12.1 Å². The lowest BCUT2D eigenvalue weighted by Gasteiger charge is -2.23. The lowest BCUT2D eigenvalue weighted by molar-refractivity contribution is 0.245. The van der Waals surface area contributed by atoms with E-state index in [0.29, 0.717) is 23.0 Å². The lowest BCUT2D eigenvalue weighted by atomic mass is 10.1. The molecule has 0 atom stereocenters. The highest BCUT2D eigenvalue weighted by atomic mass is 32.1. The van der Waals surface area contributed by atoms with Crippen molar-refractivity contribution in [3.8, 4) is 0 Å². The summed E-state index contributed by atoms with van der Waals surface area (Å²) in [5.74, 6) is 0.365. The van der Waals surface area contributed by atoms with Crippen molar-refractivity contribution in [3.05, 3.63) is 35.1 Å². The van der Waals surface area contributed by atoms with Gasteiger partial charge in [-0.3, -0.25) is 4.90 Å². The molecule has 0 amide bonds. The van der Waals surface area contributed by atoms with Crippen molar-refractivity contribution >= 4 is 17.2 Å². The van der Waals surface area contributed by atoms with Crippen LogP contribution in [0.4, 0.5) is 4.39 Å². The van der Waals surface area contributed by atoms with Crippen LogP contribution in [0, 0.1) is 11.7 Å². The fraction of sp³-hybridized carbons (Fsp3) is 0.500. The van der Waals surface area contributed by atoms with Crippen molar-refractivity contribution in [2.45, 2.75) is 27.3 Å². The average Bonchev–Trinajstić information content (AvgIpc) is 2.29. The Labute approximate surface area is 114 Å². The number of hydrogen-bond donors (Lipinski definition) is 1. The molecule has 0 aromatic heterocycles. The minimum atomic E-state index is -0.197. The van der Waals surface area contributed by atoms with Crippen LogP contribution in [-0.4, -0.2) is 23.0 Å². The van der Waals surface area contributed by atoms with Crippen LogP contribution in [0.25, 0.3) is 0 Å². The number of nitrogens with zero attached hydrogens (tertiary/aromatic N) is 1. The summed E-state index contributed by atoms with van der Waals surface area (Å²) in [6.45, 7) is 8.84. The van der Waals surface area contributed by atoms with Crippen LogP contribution in [0.3, 0.4) is 0 Å². The fourth-order valence-corrected chi connectivity index (χ4v) is 2.04. The highest BCUT2D eigenvalue weighted by Gasteiger charge is 2.11. The summed E-state index contributed by atoms with van der Waals surface area (Å²) in [7, 11) is 0. The van der Waals surface area contributed by atoms with Crippen LogP contribution >= 0.6 is 12.2 Å². The van der Waals surface area contributed by atoms with Gasteiger partial charge in [0.2, 0.25) is 0 Å². The first-order valence-electron chi connectivity index (χ1n) is 6.24. The first kappa shape index (κ1) is 15.1. The Morgan fingerprint density at radius 3 is 2.61 bits per heavy atom. The Kier molecular flexibility index (Phi) is 5.69. The highest BCUT2D eigenvalue weighted by molar-refractivity contribution is 7.80. The molecule has 0 heterocycles. The normalized spacial score (nSPS) is 11.2. The molecule has 2 nitrogen and oxygen atoms in total. The summed E-state index contributed by atoms with van der Waals surface area (Å²) in [6.07, 6.45) is 0. The maximum atomic E-state index is 13.8. The Balaban J connectivity index is 2.87. The molecule has 2 N–H and O–H groups in total. The zero-order valence-corrected chi connectivity index (χ0v) is 12.1. The molecule has 1 rings (SSSR count). The smallest absolute Gasteiger partial charge is 0.127 e. The van der Waals surface area contributed by atoms with Gasteiger partial charge < -0.3 is 5.73 Å². The molecule has 0 aliphatic carbocycles. The Morgan fingerprint density at radius 1 is 1.44 bits per heavy atom. The summed E-state index contributed by atoms with van der Waals surface area (Å²) >= 11 is 4.92. The Bertz CT molecular complexity index is 418. The average molecular weight is 268 g/mol. The molecule has 0 aliphatic rings. The van der Waals surface area contributed by atoms with Crippen LogP contribution in [-0.2, 0) is 6.54 Å². The van der Waals surface area contributed by atoms with E-state index in [2.05, 4.69) is 25.7 Å².